The Hall–Kier alpha value is -2.50. The smallest absolute Gasteiger partial charge is 0.109 e. The lowest BCUT2D eigenvalue weighted by Crippen LogP contribution is -2.36. The van der Waals surface area contributed by atoms with Crippen LogP contribution in [-0.4, -0.2) is 27.5 Å². The number of aromatic amines is 1. The Balaban J connectivity index is 1.55. The van der Waals surface area contributed by atoms with E-state index in [1.165, 1.54) is 17.7 Å². The second-order valence-corrected chi connectivity index (χ2v) is 6.83. The number of H-pyrrole nitrogens is 1. The zero-order valence-corrected chi connectivity index (χ0v) is 14.9. The topological polar surface area (TPSA) is 79.6 Å². The van der Waals surface area contributed by atoms with Crippen molar-refractivity contribution >= 4 is 11.0 Å². The number of fused-ring (bicyclic) bond motifs is 2. The first-order chi connectivity index (χ1) is 12.8. The molecule has 2 atom stereocenters. The number of nitrogens with zero attached hydrogens (tertiary/aromatic N) is 2. The number of nitrogens with one attached hydrogen (secondary N) is 2. The molecule has 1 aliphatic rings. The van der Waals surface area contributed by atoms with Crippen molar-refractivity contribution in [2.75, 3.05) is 6.54 Å². The minimum atomic E-state index is 0.164. The van der Waals surface area contributed by atoms with Crippen molar-refractivity contribution < 1.29 is 0 Å². The van der Waals surface area contributed by atoms with Gasteiger partial charge in [-0.25, -0.2) is 4.98 Å². The van der Waals surface area contributed by atoms with Crippen LogP contribution in [0.2, 0.25) is 0 Å². The fourth-order valence-corrected chi connectivity index (χ4v) is 3.77. The number of benzene rings is 1. The van der Waals surface area contributed by atoms with Gasteiger partial charge in [-0.1, -0.05) is 30.4 Å². The van der Waals surface area contributed by atoms with Crippen molar-refractivity contribution in [3.05, 3.63) is 71.8 Å². The van der Waals surface area contributed by atoms with Crippen LogP contribution in [0.1, 0.15) is 36.0 Å². The second-order valence-electron chi connectivity index (χ2n) is 6.83. The van der Waals surface area contributed by atoms with Gasteiger partial charge >= 0.3 is 0 Å². The van der Waals surface area contributed by atoms with E-state index in [4.69, 9.17) is 10.7 Å². The molecule has 0 spiro atoms. The van der Waals surface area contributed by atoms with Crippen LogP contribution in [0.25, 0.3) is 11.0 Å². The van der Waals surface area contributed by atoms with Crippen molar-refractivity contribution in [2.24, 2.45) is 5.73 Å². The normalized spacial score (nSPS) is 18.3. The van der Waals surface area contributed by atoms with E-state index in [1.54, 1.807) is 0 Å². The summed E-state index contributed by atoms with van der Waals surface area (Å²) < 4.78 is 0. The van der Waals surface area contributed by atoms with Crippen molar-refractivity contribution in [1.82, 2.24) is 20.3 Å². The van der Waals surface area contributed by atoms with Crippen molar-refractivity contribution in [1.29, 1.82) is 0 Å². The van der Waals surface area contributed by atoms with Gasteiger partial charge in [-0.15, -0.1) is 0 Å². The molecule has 0 fully saturated rings. The molecule has 1 aliphatic carbocycles. The Morgan fingerprint density at radius 1 is 1.27 bits per heavy atom. The van der Waals surface area contributed by atoms with Crippen LogP contribution in [0.4, 0.5) is 0 Å². The Morgan fingerprint density at radius 3 is 3.08 bits per heavy atom. The van der Waals surface area contributed by atoms with Crippen LogP contribution in [0.5, 0.6) is 0 Å². The Kier molecular flexibility index (Phi) is 5.09. The number of para-hydroxylation sites is 2. The van der Waals surface area contributed by atoms with Gasteiger partial charge in [0.05, 0.1) is 22.8 Å². The molecule has 4 rings (SSSR count). The molecule has 2 aromatic heterocycles. The van der Waals surface area contributed by atoms with Gasteiger partial charge < -0.3 is 16.0 Å². The van der Waals surface area contributed by atoms with Gasteiger partial charge in [-0.05, 0) is 43.0 Å². The lowest BCUT2D eigenvalue weighted by molar-refractivity contribution is 0.414. The highest BCUT2D eigenvalue weighted by Crippen LogP contribution is 2.28. The SMILES string of the molecule is NC/C=C/C(Cc1nc2ccccc2[nH]1)NC1CCCc2cccnc21. The highest BCUT2D eigenvalue weighted by Gasteiger charge is 2.23. The third-order valence-corrected chi connectivity index (χ3v) is 4.97. The first kappa shape index (κ1) is 16.9. The Morgan fingerprint density at radius 2 is 2.19 bits per heavy atom. The first-order valence-corrected chi connectivity index (χ1v) is 9.33. The number of rotatable bonds is 6. The fraction of sp³-hybridized carbons (Fsp3) is 0.333. The van der Waals surface area contributed by atoms with Crippen LogP contribution in [0.15, 0.2) is 54.7 Å². The molecule has 134 valence electrons. The summed E-state index contributed by atoms with van der Waals surface area (Å²) in [6, 6.07) is 12.8. The van der Waals surface area contributed by atoms with E-state index in [9.17, 15) is 0 Å². The van der Waals surface area contributed by atoms with Crippen LogP contribution in [-0.2, 0) is 12.8 Å². The molecule has 5 heteroatoms. The van der Waals surface area contributed by atoms with Crippen LogP contribution < -0.4 is 11.1 Å². The standard InChI is InChI=1S/C21H25N5/c22-12-4-8-16(14-20-25-17-9-1-2-10-18(17)26-20)24-19-11-3-6-15-7-5-13-23-21(15)19/h1-2,4-5,7-10,13,16,19,24H,3,6,11-12,14,22H2,(H,25,26)/b8-4+. The van der Waals surface area contributed by atoms with E-state index in [2.05, 4.69) is 33.5 Å². The van der Waals surface area contributed by atoms with E-state index in [-0.39, 0.29) is 12.1 Å². The second kappa shape index (κ2) is 7.81. The number of nitrogens with two attached hydrogens (primary N) is 1. The highest BCUT2D eigenvalue weighted by molar-refractivity contribution is 5.74. The average molecular weight is 347 g/mol. The maximum atomic E-state index is 5.69. The third kappa shape index (κ3) is 3.69. The van der Waals surface area contributed by atoms with Gasteiger partial charge in [-0.2, -0.15) is 0 Å². The molecular weight excluding hydrogens is 322 g/mol. The summed E-state index contributed by atoms with van der Waals surface area (Å²) >= 11 is 0. The number of pyridine rings is 1. The van der Waals surface area contributed by atoms with Crippen LogP contribution in [0.3, 0.4) is 0 Å². The molecule has 2 heterocycles. The van der Waals surface area contributed by atoms with Gasteiger partial charge in [-0.3, -0.25) is 4.98 Å². The number of aromatic nitrogens is 3. The number of aryl methyl sites for hydroxylation is 1. The molecule has 4 N–H and O–H groups in total. The average Bonchev–Trinajstić information content (AvgIpc) is 3.08. The molecular formula is C21H25N5. The summed E-state index contributed by atoms with van der Waals surface area (Å²) in [6.45, 7) is 0.539. The van der Waals surface area contributed by atoms with E-state index >= 15 is 0 Å². The van der Waals surface area contributed by atoms with Crippen LogP contribution in [0, 0.1) is 0 Å². The Bertz CT molecular complexity index is 865. The summed E-state index contributed by atoms with van der Waals surface area (Å²) in [5, 5.41) is 3.77. The minimum Gasteiger partial charge on any atom is -0.342 e. The predicted molar refractivity (Wildman–Crippen MR) is 105 cm³/mol. The largest absolute Gasteiger partial charge is 0.342 e. The lowest BCUT2D eigenvalue weighted by atomic mass is 9.91. The summed E-state index contributed by atoms with van der Waals surface area (Å²) in [5.41, 5.74) is 10.3. The molecule has 0 bridgehead atoms. The van der Waals surface area contributed by atoms with Crippen molar-refractivity contribution in [3.63, 3.8) is 0 Å². The van der Waals surface area contributed by atoms with Crippen molar-refractivity contribution in [3.8, 4) is 0 Å². The van der Waals surface area contributed by atoms with Gasteiger partial charge in [0.2, 0.25) is 0 Å². The zero-order valence-electron chi connectivity index (χ0n) is 14.9. The molecule has 0 amide bonds. The molecule has 26 heavy (non-hydrogen) atoms. The highest BCUT2D eigenvalue weighted by atomic mass is 15.0. The lowest BCUT2D eigenvalue weighted by Gasteiger charge is -2.28. The maximum absolute atomic E-state index is 5.69. The predicted octanol–water partition coefficient (Wildman–Crippen LogP) is 3.05. The van der Waals surface area contributed by atoms with Gasteiger partial charge in [0, 0.05) is 25.2 Å². The summed E-state index contributed by atoms with van der Waals surface area (Å²) in [5.74, 6) is 0.988. The molecule has 0 radical (unpaired) electrons. The monoisotopic (exact) mass is 347 g/mol. The zero-order chi connectivity index (χ0) is 17.8. The van der Waals surface area contributed by atoms with Gasteiger partial charge in [0.15, 0.2) is 0 Å². The summed E-state index contributed by atoms with van der Waals surface area (Å²) in [6.07, 6.45) is 10.3. The Labute approximate surface area is 153 Å². The van der Waals surface area contributed by atoms with E-state index in [1.807, 2.05) is 36.5 Å². The maximum Gasteiger partial charge on any atom is 0.109 e. The summed E-state index contributed by atoms with van der Waals surface area (Å²) in [4.78, 5) is 12.8. The molecule has 0 saturated carbocycles. The van der Waals surface area contributed by atoms with E-state index in [0.717, 1.165) is 36.1 Å². The molecule has 5 nitrogen and oxygen atoms in total. The number of imidazole rings is 1. The fourth-order valence-electron chi connectivity index (χ4n) is 3.77. The molecule has 3 aromatic rings. The van der Waals surface area contributed by atoms with Gasteiger partial charge in [0.1, 0.15) is 5.82 Å². The van der Waals surface area contributed by atoms with Crippen LogP contribution >= 0.6 is 0 Å². The summed E-state index contributed by atoms with van der Waals surface area (Å²) in [7, 11) is 0. The molecule has 0 saturated heterocycles. The molecule has 1 aromatic carbocycles. The quantitative estimate of drug-likeness (QED) is 0.599. The number of hydrogen-bond acceptors (Lipinski definition) is 4. The van der Waals surface area contributed by atoms with Gasteiger partial charge in [0.25, 0.3) is 0 Å². The molecule has 2 unspecified atom stereocenters. The minimum absolute atomic E-state index is 0.164. The van der Waals surface area contributed by atoms with E-state index < -0.39 is 0 Å². The van der Waals surface area contributed by atoms with Crippen molar-refractivity contribution in [2.45, 2.75) is 37.8 Å². The third-order valence-electron chi connectivity index (χ3n) is 4.97. The number of hydrogen-bond donors (Lipinski definition) is 3. The molecule has 0 aliphatic heterocycles. The van der Waals surface area contributed by atoms with E-state index in [0.29, 0.717) is 6.54 Å². The first-order valence-electron chi connectivity index (χ1n) is 9.33.